The second kappa shape index (κ2) is 4.42. The molecule has 0 aliphatic heterocycles. The van der Waals surface area contributed by atoms with Crippen molar-refractivity contribution in [1.82, 2.24) is 0 Å². The normalized spacial score (nSPS) is 33.1. The zero-order valence-electron chi connectivity index (χ0n) is 12.6. The number of fused-ring (bicyclic) bond motifs is 2. The standard InChI is InChI=1S/C16H21FN2O2/c1-15(2)10-7-8-16(3,9-10)14(15)18-12-6-4-5-11(17)13(12)19(20)21/h4-6,10,14,18H,7-9H2,1-3H3. The van der Waals surface area contributed by atoms with Crippen LogP contribution in [0.25, 0.3) is 0 Å². The molecule has 3 atom stereocenters. The molecule has 1 aromatic rings. The predicted molar refractivity (Wildman–Crippen MR) is 79.7 cm³/mol. The first-order valence-corrected chi connectivity index (χ1v) is 7.45. The van der Waals surface area contributed by atoms with Gasteiger partial charge in [-0.3, -0.25) is 10.1 Å². The smallest absolute Gasteiger partial charge is 0.327 e. The van der Waals surface area contributed by atoms with Crippen molar-refractivity contribution < 1.29 is 9.31 Å². The van der Waals surface area contributed by atoms with Gasteiger partial charge in [0.2, 0.25) is 5.82 Å². The largest absolute Gasteiger partial charge is 0.376 e. The summed E-state index contributed by atoms with van der Waals surface area (Å²) >= 11 is 0. The second-order valence-corrected chi connectivity index (χ2v) is 7.39. The Morgan fingerprint density at radius 3 is 2.67 bits per heavy atom. The molecule has 21 heavy (non-hydrogen) atoms. The molecular weight excluding hydrogens is 271 g/mol. The fourth-order valence-corrected chi connectivity index (χ4v) is 4.64. The number of halogens is 1. The molecule has 1 aromatic carbocycles. The summed E-state index contributed by atoms with van der Waals surface area (Å²) in [5, 5.41) is 14.5. The molecule has 0 saturated heterocycles. The summed E-state index contributed by atoms with van der Waals surface area (Å²) in [4.78, 5) is 10.5. The summed E-state index contributed by atoms with van der Waals surface area (Å²) in [5.74, 6) is -0.149. The number of nitro groups is 1. The van der Waals surface area contributed by atoms with Crippen LogP contribution < -0.4 is 5.32 Å². The molecule has 5 heteroatoms. The molecule has 0 aromatic heterocycles. The topological polar surface area (TPSA) is 55.2 Å². The van der Waals surface area contributed by atoms with E-state index in [-0.39, 0.29) is 16.9 Å². The van der Waals surface area contributed by atoms with Gasteiger partial charge >= 0.3 is 5.69 Å². The number of nitro benzene ring substituents is 1. The number of anilines is 1. The van der Waals surface area contributed by atoms with Crippen molar-refractivity contribution in [2.45, 2.75) is 46.1 Å². The van der Waals surface area contributed by atoms with Gasteiger partial charge in [0.1, 0.15) is 5.69 Å². The summed E-state index contributed by atoms with van der Waals surface area (Å²) in [6.45, 7) is 6.67. The van der Waals surface area contributed by atoms with Crippen molar-refractivity contribution in [2.75, 3.05) is 5.32 Å². The third-order valence-corrected chi connectivity index (χ3v) is 5.74. The maximum absolute atomic E-state index is 13.8. The molecular formula is C16H21FN2O2. The van der Waals surface area contributed by atoms with E-state index < -0.39 is 16.4 Å². The van der Waals surface area contributed by atoms with E-state index in [4.69, 9.17) is 0 Å². The van der Waals surface area contributed by atoms with Gasteiger partial charge in [-0.2, -0.15) is 4.39 Å². The molecule has 0 spiro atoms. The highest BCUT2D eigenvalue weighted by molar-refractivity contribution is 5.63. The SMILES string of the molecule is CC12CCC(C1)C(C)(C)C2Nc1cccc(F)c1[N+](=O)[O-]. The molecule has 0 heterocycles. The summed E-state index contributed by atoms with van der Waals surface area (Å²) in [6, 6.07) is 4.39. The average Bonchev–Trinajstić information content (AvgIpc) is 2.85. The van der Waals surface area contributed by atoms with Crippen molar-refractivity contribution in [2.24, 2.45) is 16.7 Å². The van der Waals surface area contributed by atoms with Crippen molar-refractivity contribution in [3.05, 3.63) is 34.1 Å². The van der Waals surface area contributed by atoms with Gasteiger partial charge in [0, 0.05) is 6.04 Å². The van der Waals surface area contributed by atoms with Crippen LogP contribution in [0.3, 0.4) is 0 Å². The van der Waals surface area contributed by atoms with E-state index in [0.717, 1.165) is 18.9 Å². The minimum atomic E-state index is -0.781. The molecule has 0 amide bonds. The van der Waals surface area contributed by atoms with Crippen molar-refractivity contribution in [3.8, 4) is 0 Å². The number of benzene rings is 1. The highest BCUT2D eigenvalue weighted by Crippen LogP contribution is 2.63. The van der Waals surface area contributed by atoms with Gasteiger partial charge in [-0.1, -0.05) is 26.8 Å². The van der Waals surface area contributed by atoms with Crippen LogP contribution in [0.4, 0.5) is 15.8 Å². The first-order chi connectivity index (χ1) is 9.75. The van der Waals surface area contributed by atoms with E-state index in [1.165, 1.54) is 12.5 Å². The zero-order chi connectivity index (χ0) is 15.4. The summed E-state index contributed by atoms with van der Waals surface area (Å²) in [7, 11) is 0. The maximum Gasteiger partial charge on any atom is 0.327 e. The van der Waals surface area contributed by atoms with Crippen molar-refractivity contribution in [1.29, 1.82) is 0 Å². The Hall–Kier alpha value is -1.65. The summed E-state index contributed by atoms with van der Waals surface area (Å²) < 4.78 is 13.8. The number of nitrogens with one attached hydrogen (secondary N) is 1. The molecule has 2 aliphatic carbocycles. The summed E-state index contributed by atoms with van der Waals surface area (Å²) in [5.41, 5.74) is 0.0492. The zero-order valence-corrected chi connectivity index (χ0v) is 12.6. The van der Waals surface area contributed by atoms with Gasteiger partial charge in [0.15, 0.2) is 0 Å². The van der Waals surface area contributed by atoms with Gasteiger partial charge in [-0.25, -0.2) is 0 Å². The maximum atomic E-state index is 13.8. The molecule has 2 bridgehead atoms. The Morgan fingerprint density at radius 2 is 2.10 bits per heavy atom. The summed E-state index contributed by atoms with van der Waals surface area (Å²) in [6.07, 6.45) is 3.48. The Labute approximate surface area is 123 Å². The molecule has 3 rings (SSSR count). The molecule has 2 saturated carbocycles. The highest BCUT2D eigenvalue weighted by Gasteiger charge is 2.59. The van der Waals surface area contributed by atoms with Crippen LogP contribution in [-0.2, 0) is 0 Å². The van der Waals surface area contributed by atoms with E-state index >= 15 is 0 Å². The molecule has 1 N–H and O–H groups in total. The van der Waals surface area contributed by atoms with Crippen LogP contribution in [0.1, 0.15) is 40.0 Å². The van der Waals surface area contributed by atoms with E-state index in [1.54, 1.807) is 6.07 Å². The number of nitrogens with zero attached hydrogens (tertiary/aromatic N) is 1. The number of rotatable bonds is 3. The molecule has 2 fully saturated rings. The molecule has 0 radical (unpaired) electrons. The fourth-order valence-electron chi connectivity index (χ4n) is 4.64. The van der Waals surface area contributed by atoms with Gasteiger partial charge in [0.25, 0.3) is 0 Å². The fraction of sp³-hybridized carbons (Fsp3) is 0.625. The Kier molecular flexibility index (Phi) is 3.01. The Bertz CT molecular complexity index is 597. The van der Waals surface area contributed by atoms with E-state index in [0.29, 0.717) is 11.6 Å². The van der Waals surface area contributed by atoms with E-state index in [1.807, 2.05) is 0 Å². The molecule has 3 unspecified atom stereocenters. The van der Waals surface area contributed by atoms with Gasteiger partial charge in [-0.05, 0) is 48.1 Å². The van der Waals surface area contributed by atoms with Gasteiger partial charge in [-0.15, -0.1) is 0 Å². The lowest BCUT2D eigenvalue weighted by atomic mass is 9.68. The first-order valence-electron chi connectivity index (χ1n) is 7.45. The number of hydrogen-bond donors (Lipinski definition) is 1. The molecule has 114 valence electrons. The quantitative estimate of drug-likeness (QED) is 0.665. The van der Waals surface area contributed by atoms with Crippen LogP contribution in [0.2, 0.25) is 0 Å². The van der Waals surface area contributed by atoms with Crippen LogP contribution in [0.15, 0.2) is 18.2 Å². The van der Waals surface area contributed by atoms with Crippen LogP contribution in [-0.4, -0.2) is 11.0 Å². The Balaban J connectivity index is 1.98. The van der Waals surface area contributed by atoms with Gasteiger partial charge < -0.3 is 5.32 Å². The highest BCUT2D eigenvalue weighted by atomic mass is 19.1. The van der Waals surface area contributed by atoms with Crippen LogP contribution in [0, 0.1) is 32.7 Å². The van der Waals surface area contributed by atoms with Crippen LogP contribution >= 0.6 is 0 Å². The molecule has 2 aliphatic rings. The number of para-hydroxylation sites is 1. The van der Waals surface area contributed by atoms with E-state index in [2.05, 4.69) is 26.1 Å². The van der Waals surface area contributed by atoms with Crippen molar-refractivity contribution >= 4 is 11.4 Å². The van der Waals surface area contributed by atoms with Crippen molar-refractivity contribution in [3.63, 3.8) is 0 Å². The lowest BCUT2D eigenvalue weighted by Gasteiger charge is -2.43. The van der Waals surface area contributed by atoms with Crippen LogP contribution in [0.5, 0.6) is 0 Å². The van der Waals surface area contributed by atoms with E-state index in [9.17, 15) is 14.5 Å². The second-order valence-electron chi connectivity index (χ2n) is 7.39. The number of hydrogen-bond acceptors (Lipinski definition) is 3. The van der Waals surface area contributed by atoms with Gasteiger partial charge in [0.05, 0.1) is 4.92 Å². The monoisotopic (exact) mass is 292 g/mol. The molecule has 4 nitrogen and oxygen atoms in total. The third kappa shape index (κ3) is 2.01. The first kappa shape index (κ1) is 14.3. The predicted octanol–water partition coefficient (Wildman–Crippen LogP) is 4.36. The lowest BCUT2D eigenvalue weighted by molar-refractivity contribution is -0.386. The lowest BCUT2D eigenvalue weighted by Crippen LogP contribution is -2.45. The Morgan fingerprint density at radius 1 is 1.38 bits per heavy atom. The minimum absolute atomic E-state index is 0.0627. The third-order valence-electron chi connectivity index (χ3n) is 5.74. The average molecular weight is 292 g/mol. The minimum Gasteiger partial charge on any atom is -0.376 e.